The average molecular weight is 459 g/mol. The van der Waals surface area contributed by atoms with E-state index in [2.05, 4.69) is 13.2 Å². The van der Waals surface area contributed by atoms with E-state index >= 15 is 0 Å². The van der Waals surface area contributed by atoms with Crippen LogP contribution >= 0.6 is 0 Å². The maximum absolute atomic E-state index is 12.8. The molecule has 0 aromatic heterocycles. The van der Waals surface area contributed by atoms with Gasteiger partial charge in [-0.15, -0.1) is 0 Å². The van der Waals surface area contributed by atoms with E-state index in [0.29, 0.717) is 0 Å². The molecule has 0 fully saturated rings. The smallest absolute Gasteiger partial charge is 0.422 e. The number of halogens is 6. The highest BCUT2D eigenvalue weighted by Gasteiger charge is 2.38. The fraction of sp³-hybridized carbons (Fsp3) is 0.143. The van der Waals surface area contributed by atoms with Gasteiger partial charge in [0, 0.05) is 5.56 Å². The monoisotopic (exact) mass is 459 g/mol. The lowest BCUT2D eigenvalue weighted by Crippen LogP contribution is -2.23. The molecule has 0 heterocycles. The highest BCUT2D eigenvalue weighted by molar-refractivity contribution is 5.94. The molecule has 170 valence electrons. The number of hydrogen-bond donors (Lipinski definition) is 1. The molecular formula is C21H15F6NO4. The van der Waals surface area contributed by atoms with E-state index in [0.717, 1.165) is 0 Å². The molecule has 2 rings (SSSR count). The quantitative estimate of drug-likeness (QED) is 0.147. The second-order valence-corrected chi connectivity index (χ2v) is 6.14. The minimum Gasteiger partial charge on any atom is -0.493 e. The van der Waals surface area contributed by atoms with Gasteiger partial charge in [0.15, 0.2) is 11.5 Å². The summed E-state index contributed by atoms with van der Waals surface area (Å²) in [5.41, 5.74) is -2.95. The Morgan fingerprint density at radius 3 is 2.00 bits per heavy atom. The summed E-state index contributed by atoms with van der Waals surface area (Å²) in [6, 6.07) is 9.36. The van der Waals surface area contributed by atoms with Gasteiger partial charge in [-0.2, -0.15) is 26.3 Å². The van der Waals surface area contributed by atoms with E-state index < -0.39 is 35.4 Å². The Morgan fingerprint density at radius 2 is 1.44 bits per heavy atom. The summed E-state index contributed by atoms with van der Waals surface area (Å²) in [5, 5.41) is 7.49. The predicted octanol–water partition coefficient (Wildman–Crippen LogP) is 5.86. The summed E-state index contributed by atoms with van der Waals surface area (Å²) in [5.74, 6) is -3.62. The molecule has 0 bridgehead atoms. The number of nitrogens with one attached hydrogen (secondary N) is 1. The fourth-order valence-electron chi connectivity index (χ4n) is 2.30. The largest absolute Gasteiger partial charge is 0.493 e. The van der Waals surface area contributed by atoms with Crippen LogP contribution in [0.1, 0.15) is 0 Å². The molecule has 0 saturated heterocycles. The Hall–Kier alpha value is -3.76. The summed E-state index contributed by atoms with van der Waals surface area (Å²) < 4.78 is 91.2. The molecule has 0 aliphatic rings. The van der Waals surface area contributed by atoms with Crippen LogP contribution in [0.25, 0.3) is 11.1 Å². The summed E-state index contributed by atoms with van der Waals surface area (Å²) in [6.07, 6.45) is -9.89. The standard InChI is InChI=1S/C21H15F6NO4/c1-11(20(22,23)24)18(28)31-17-10-13(8-9-16(17)30-3)14-6-4-5-7-15(14)32-19(29)12(2)21(25,26)27/h4-10,28H,1-2H2,3H3. The van der Waals surface area contributed by atoms with Crippen LogP contribution in [0.15, 0.2) is 66.8 Å². The zero-order chi connectivity index (χ0) is 24.3. The van der Waals surface area contributed by atoms with Gasteiger partial charge in [-0.3, -0.25) is 5.41 Å². The molecule has 0 aliphatic heterocycles. The van der Waals surface area contributed by atoms with Gasteiger partial charge in [0.05, 0.1) is 7.11 Å². The molecule has 2 aromatic carbocycles. The van der Waals surface area contributed by atoms with E-state index in [-0.39, 0.29) is 28.4 Å². The molecule has 32 heavy (non-hydrogen) atoms. The molecule has 2 aromatic rings. The van der Waals surface area contributed by atoms with Gasteiger partial charge in [0.2, 0.25) is 5.90 Å². The lowest BCUT2D eigenvalue weighted by Gasteiger charge is -2.16. The molecule has 0 spiro atoms. The summed E-state index contributed by atoms with van der Waals surface area (Å²) >= 11 is 0. The molecule has 5 nitrogen and oxygen atoms in total. The van der Waals surface area contributed by atoms with Crippen molar-refractivity contribution >= 4 is 11.9 Å². The summed E-state index contributed by atoms with van der Waals surface area (Å²) in [7, 11) is 1.21. The summed E-state index contributed by atoms with van der Waals surface area (Å²) in [6.45, 7) is 5.44. The first-order valence-electron chi connectivity index (χ1n) is 8.54. The van der Waals surface area contributed by atoms with E-state index in [1.807, 2.05) is 0 Å². The number of carbonyl (C=O) groups excluding carboxylic acids is 1. The maximum Gasteiger partial charge on any atom is 0.422 e. The lowest BCUT2D eigenvalue weighted by molar-refractivity contribution is -0.142. The molecule has 1 N–H and O–H groups in total. The van der Waals surface area contributed by atoms with Gasteiger partial charge < -0.3 is 14.2 Å². The molecule has 0 saturated carbocycles. The first-order chi connectivity index (χ1) is 14.8. The molecule has 0 aliphatic carbocycles. The van der Waals surface area contributed by atoms with Crippen molar-refractivity contribution in [2.75, 3.05) is 7.11 Å². The average Bonchev–Trinajstić information content (AvgIpc) is 2.71. The Labute approximate surface area is 178 Å². The number of benzene rings is 2. The second kappa shape index (κ2) is 9.16. The maximum atomic E-state index is 12.8. The van der Waals surface area contributed by atoms with E-state index in [1.54, 1.807) is 0 Å². The molecule has 0 radical (unpaired) electrons. The van der Waals surface area contributed by atoms with E-state index in [9.17, 15) is 31.1 Å². The molecule has 0 amide bonds. The van der Waals surface area contributed by atoms with Crippen molar-refractivity contribution in [1.82, 2.24) is 0 Å². The van der Waals surface area contributed by atoms with Gasteiger partial charge >= 0.3 is 18.3 Å². The minimum absolute atomic E-state index is 0.0339. The highest BCUT2D eigenvalue weighted by atomic mass is 19.4. The number of methoxy groups -OCH3 is 1. The van der Waals surface area contributed by atoms with Crippen LogP contribution in [-0.4, -0.2) is 31.3 Å². The van der Waals surface area contributed by atoms with E-state index in [4.69, 9.17) is 19.6 Å². The number of carbonyl (C=O) groups is 1. The van der Waals surface area contributed by atoms with Crippen molar-refractivity contribution in [2.45, 2.75) is 12.4 Å². The van der Waals surface area contributed by atoms with Crippen LogP contribution in [0.5, 0.6) is 17.2 Å². The van der Waals surface area contributed by atoms with Gasteiger partial charge in [0.25, 0.3) is 0 Å². The van der Waals surface area contributed by atoms with Crippen LogP contribution < -0.4 is 14.2 Å². The molecule has 0 atom stereocenters. The number of alkyl halides is 6. The van der Waals surface area contributed by atoms with Gasteiger partial charge in [0.1, 0.15) is 16.9 Å². The fourth-order valence-corrected chi connectivity index (χ4v) is 2.30. The normalized spacial score (nSPS) is 11.5. The Bertz CT molecular complexity index is 1070. The summed E-state index contributed by atoms with van der Waals surface area (Å²) in [4.78, 5) is 11.8. The number of hydrogen-bond acceptors (Lipinski definition) is 5. The number of rotatable bonds is 6. The molecule has 0 unspecified atom stereocenters. The van der Waals surface area contributed by atoms with Crippen molar-refractivity contribution in [1.29, 1.82) is 5.41 Å². The van der Waals surface area contributed by atoms with Crippen molar-refractivity contribution in [3.8, 4) is 28.4 Å². The van der Waals surface area contributed by atoms with E-state index in [1.165, 1.54) is 49.6 Å². The zero-order valence-corrected chi connectivity index (χ0v) is 16.4. The van der Waals surface area contributed by atoms with Crippen molar-refractivity contribution in [3.63, 3.8) is 0 Å². The Morgan fingerprint density at radius 1 is 0.844 bits per heavy atom. The first-order valence-corrected chi connectivity index (χ1v) is 8.54. The first kappa shape index (κ1) is 24.5. The van der Waals surface area contributed by atoms with Crippen molar-refractivity contribution in [2.24, 2.45) is 0 Å². The molecular weight excluding hydrogens is 444 g/mol. The third-order valence-corrected chi connectivity index (χ3v) is 3.98. The van der Waals surface area contributed by atoms with Crippen LogP contribution in [-0.2, 0) is 4.79 Å². The Balaban J connectivity index is 2.42. The SMILES string of the molecule is C=C(C(=N)Oc1cc(-c2ccccc2OC(=O)C(=C)C(F)(F)F)ccc1OC)C(F)(F)F. The molecule has 11 heteroatoms. The van der Waals surface area contributed by atoms with Crippen molar-refractivity contribution in [3.05, 3.63) is 66.8 Å². The van der Waals surface area contributed by atoms with Crippen LogP contribution in [0.2, 0.25) is 0 Å². The Kier molecular flexibility index (Phi) is 7.02. The van der Waals surface area contributed by atoms with Gasteiger partial charge in [-0.25, -0.2) is 4.79 Å². The van der Waals surface area contributed by atoms with Crippen LogP contribution in [0.3, 0.4) is 0 Å². The second-order valence-electron chi connectivity index (χ2n) is 6.14. The van der Waals surface area contributed by atoms with Crippen LogP contribution in [0, 0.1) is 5.41 Å². The lowest BCUT2D eigenvalue weighted by atomic mass is 10.0. The zero-order valence-electron chi connectivity index (χ0n) is 16.4. The predicted molar refractivity (Wildman–Crippen MR) is 103 cm³/mol. The number of ether oxygens (including phenoxy) is 3. The topological polar surface area (TPSA) is 68.6 Å². The number of para-hydroxylation sites is 1. The number of esters is 1. The minimum atomic E-state index is -4.99. The third-order valence-electron chi connectivity index (χ3n) is 3.98. The third kappa shape index (κ3) is 5.68. The van der Waals surface area contributed by atoms with Gasteiger partial charge in [-0.05, 0) is 23.8 Å². The van der Waals surface area contributed by atoms with Crippen LogP contribution in [0.4, 0.5) is 26.3 Å². The van der Waals surface area contributed by atoms with Crippen molar-refractivity contribution < 1.29 is 45.3 Å². The highest BCUT2D eigenvalue weighted by Crippen LogP contribution is 2.38. The van der Waals surface area contributed by atoms with Gasteiger partial charge in [-0.1, -0.05) is 37.4 Å².